The number of para-hydroxylation sites is 1. The normalized spacial score (nSPS) is 18.3. The predicted molar refractivity (Wildman–Crippen MR) is 84.9 cm³/mol. The largest absolute Gasteiger partial charge is 0.496 e. The summed E-state index contributed by atoms with van der Waals surface area (Å²) in [6.07, 6.45) is 0.0704. The van der Waals surface area contributed by atoms with Gasteiger partial charge in [-0.3, -0.25) is 14.5 Å². The second-order valence-electron chi connectivity index (χ2n) is 5.37. The van der Waals surface area contributed by atoms with E-state index in [9.17, 15) is 9.59 Å². The number of hydrogen-bond donors (Lipinski definition) is 3. The molecule has 1 fully saturated rings. The Bertz CT molecular complexity index is 550. The maximum atomic E-state index is 12.1. The van der Waals surface area contributed by atoms with Crippen molar-refractivity contribution in [2.75, 3.05) is 33.4 Å². The van der Waals surface area contributed by atoms with Crippen molar-refractivity contribution in [2.45, 2.75) is 19.0 Å². The minimum Gasteiger partial charge on any atom is -0.496 e. The van der Waals surface area contributed by atoms with Crippen LogP contribution in [0.15, 0.2) is 24.3 Å². The fourth-order valence-corrected chi connectivity index (χ4v) is 2.67. The van der Waals surface area contributed by atoms with Crippen molar-refractivity contribution in [2.24, 2.45) is 0 Å². The zero-order valence-corrected chi connectivity index (χ0v) is 13.2. The van der Waals surface area contributed by atoms with Gasteiger partial charge in [0, 0.05) is 31.7 Å². The lowest BCUT2D eigenvalue weighted by Crippen LogP contribution is -2.56. The van der Waals surface area contributed by atoms with Crippen LogP contribution in [-0.4, -0.2) is 61.2 Å². The number of aliphatic hydroxyl groups excluding tert-OH is 1. The lowest BCUT2D eigenvalue weighted by Gasteiger charge is -2.35. The van der Waals surface area contributed by atoms with Gasteiger partial charge in [0.2, 0.25) is 11.8 Å². The van der Waals surface area contributed by atoms with Crippen LogP contribution in [0.5, 0.6) is 5.75 Å². The van der Waals surface area contributed by atoms with Gasteiger partial charge in [0.15, 0.2) is 0 Å². The van der Waals surface area contributed by atoms with Crippen LogP contribution in [0.1, 0.15) is 12.0 Å². The van der Waals surface area contributed by atoms with Crippen LogP contribution < -0.4 is 15.4 Å². The first kappa shape index (κ1) is 17.2. The second-order valence-corrected chi connectivity index (χ2v) is 5.37. The number of ether oxygens (including phenoxy) is 1. The molecular formula is C16H23N3O4. The number of methoxy groups -OCH3 is 1. The van der Waals surface area contributed by atoms with Crippen molar-refractivity contribution in [1.29, 1.82) is 0 Å². The molecule has 1 aliphatic heterocycles. The lowest BCUT2D eigenvalue weighted by molar-refractivity contribution is -0.134. The van der Waals surface area contributed by atoms with E-state index in [1.807, 2.05) is 29.2 Å². The Morgan fingerprint density at radius 1 is 1.48 bits per heavy atom. The molecule has 1 aromatic carbocycles. The van der Waals surface area contributed by atoms with Crippen molar-refractivity contribution in [3.05, 3.63) is 29.8 Å². The highest BCUT2D eigenvalue weighted by molar-refractivity contribution is 5.88. The van der Waals surface area contributed by atoms with E-state index in [0.717, 1.165) is 11.3 Å². The van der Waals surface area contributed by atoms with Gasteiger partial charge in [0.05, 0.1) is 26.2 Å². The molecule has 1 aromatic rings. The van der Waals surface area contributed by atoms with Gasteiger partial charge < -0.3 is 20.5 Å². The number of rotatable bonds is 7. The van der Waals surface area contributed by atoms with Gasteiger partial charge in [-0.1, -0.05) is 18.2 Å². The third-order valence-corrected chi connectivity index (χ3v) is 3.82. The Morgan fingerprint density at radius 3 is 3.00 bits per heavy atom. The van der Waals surface area contributed by atoms with Gasteiger partial charge in [-0.15, -0.1) is 0 Å². The van der Waals surface area contributed by atoms with Crippen LogP contribution in [0.25, 0.3) is 0 Å². The molecule has 1 saturated heterocycles. The Labute approximate surface area is 135 Å². The number of carbonyl (C=O) groups excluding carboxylic acids is 2. The van der Waals surface area contributed by atoms with E-state index >= 15 is 0 Å². The van der Waals surface area contributed by atoms with Gasteiger partial charge in [-0.05, 0) is 6.07 Å². The molecule has 7 heteroatoms. The Morgan fingerprint density at radius 2 is 2.26 bits per heavy atom. The standard InChI is InChI=1S/C16H23N3O4/c1-23-14-5-3-2-4-12(14)11-19-8-6-18-16(22)13(19)10-15(21)17-7-9-20/h2-5,13,20H,6-11H2,1H3,(H,17,21)(H,18,22)/t13-/m0/s1. The number of hydrogen-bond acceptors (Lipinski definition) is 5. The van der Waals surface area contributed by atoms with Crippen LogP contribution in [0.3, 0.4) is 0 Å². The summed E-state index contributed by atoms with van der Waals surface area (Å²) in [5.41, 5.74) is 0.977. The van der Waals surface area contributed by atoms with E-state index in [1.54, 1.807) is 7.11 Å². The van der Waals surface area contributed by atoms with Gasteiger partial charge in [-0.2, -0.15) is 0 Å². The third-order valence-electron chi connectivity index (χ3n) is 3.82. The summed E-state index contributed by atoms with van der Waals surface area (Å²) in [5, 5.41) is 14.1. The summed E-state index contributed by atoms with van der Waals surface area (Å²) in [6, 6.07) is 7.12. The molecule has 126 valence electrons. The molecule has 0 radical (unpaired) electrons. The van der Waals surface area contributed by atoms with E-state index in [-0.39, 0.29) is 31.4 Å². The van der Waals surface area contributed by atoms with Crippen LogP contribution in [-0.2, 0) is 16.1 Å². The first-order chi connectivity index (χ1) is 11.2. The predicted octanol–water partition coefficient (Wildman–Crippen LogP) is -0.506. The molecule has 0 saturated carbocycles. The van der Waals surface area contributed by atoms with E-state index in [1.165, 1.54) is 0 Å². The molecular weight excluding hydrogens is 298 g/mol. The zero-order valence-electron chi connectivity index (χ0n) is 13.2. The SMILES string of the molecule is COc1ccccc1CN1CCNC(=O)[C@@H]1CC(=O)NCCO. The molecule has 2 rings (SSSR count). The molecule has 0 aliphatic carbocycles. The molecule has 3 N–H and O–H groups in total. The number of aliphatic hydroxyl groups is 1. The lowest BCUT2D eigenvalue weighted by atomic mass is 10.1. The molecule has 23 heavy (non-hydrogen) atoms. The van der Waals surface area contributed by atoms with E-state index < -0.39 is 6.04 Å². The summed E-state index contributed by atoms with van der Waals surface area (Å²) >= 11 is 0. The average Bonchev–Trinajstić information content (AvgIpc) is 2.56. The van der Waals surface area contributed by atoms with Crippen molar-refractivity contribution < 1.29 is 19.4 Å². The smallest absolute Gasteiger partial charge is 0.237 e. The Hall–Kier alpha value is -2.12. The highest BCUT2D eigenvalue weighted by Gasteiger charge is 2.31. The number of nitrogens with zero attached hydrogens (tertiary/aromatic N) is 1. The average molecular weight is 321 g/mol. The Kier molecular flexibility index (Phi) is 6.37. The maximum Gasteiger partial charge on any atom is 0.237 e. The number of nitrogens with one attached hydrogen (secondary N) is 2. The molecule has 0 bridgehead atoms. The number of amides is 2. The van der Waals surface area contributed by atoms with Crippen LogP contribution in [0, 0.1) is 0 Å². The van der Waals surface area contributed by atoms with Gasteiger partial charge in [-0.25, -0.2) is 0 Å². The number of piperazine rings is 1. The molecule has 2 amide bonds. The van der Waals surface area contributed by atoms with Crippen molar-refractivity contribution in [3.63, 3.8) is 0 Å². The topological polar surface area (TPSA) is 90.9 Å². The van der Waals surface area contributed by atoms with Gasteiger partial charge in [0.25, 0.3) is 0 Å². The molecule has 0 aromatic heterocycles. The molecule has 0 spiro atoms. The summed E-state index contributed by atoms with van der Waals surface area (Å²) in [4.78, 5) is 26.0. The number of carbonyl (C=O) groups is 2. The molecule has 1 aliphatic rings. The van der Waals surface area contributed by atoms with Gasteiger partial charge >= 0.3 is 0 Å². The van der Waals surface area contributed by atoms with Crippen LogP contribution in [0.2, 0.25) is 0 Å². The summed E-state index contributed by atoms with van der Waals surface area (Å²) in [6.45, 7) is 1.84. The minimum absolute atomic E-state index is 0.0704. The quantitative estimate of drug-likeness (QED) is 0.629. The highest BCUT2D eigenvalue weighted by Crippen LogP contribution is 2.21. The molecule has 7 nitrogen and oxygen atoms in total. The highest BCUT2D eigenvalue weighted by atomic mass is 16.5. The Balaban J connectivity index is 2.07. The molecule has 0 unspecified atom stereocenters. The second kappa shape index (κ2) is 8.50. The first-order valence-corrected chi connectivity index (χ1v) is 7.67. The van der Waals surface area contributed by atoms with Crippen molar-refractivity contribution >= 4 is 11.8 Å². The molecule has 1 heterocycles. The fraction of sp³-hybridized carbons (Fsp3) is 0.500. The number of benzene rings is 1. The summed E-state index contributed by atoms with van der Waals surface area (Å²) in [7, 11) is 1.61. The third kappa shape index (κ3) is 4.67. The fourth-order valence-electron chi connectivity index (χ4n) is 2.67. The van der Waals surface area contributed by atoms with Crippen LogP contribution in [0.4, 0.5) is 0 Å². The maximum absolute atomic E-state index is 12.1. The first-order valence-electron chi connectivity index (χ1n) is 7.67. The van der Waals surface area contributed by atoms with Gasteiger partial charge in [0.1, 0.15) is 5.75 Å². The van der Waals surface area contributed by atoms with Crippen molar-refractivity contribution in [1.82, 2.24) is 15.5 Å². The summed E-state index contributed by atoms with van der Waals surface area (Å²) in [5.74, 6) is 0.374. The van der Waals surface area contributed by atoms with Crippen molar-refractivity contribution in [3.8, 4) is 5.75 Å². The van der Waals surface area contributed by atoms with E-state index in [0.29, 0.717) is 19.6 Å². The van der Waals surface area contributed by atoms with E-state index in [2.05, 4.69) is 10.6 Å². The van der Waals surface area contributed by atoms with Crippen LogP contribution >= 0.6 is 0 Å². The minimum atomic E-state index is -0.521. The molecule has 1 atom stereocenters. The van der Waals surface area contributed by atoms with E-state index in [4.69, 9.17) is 9.84 Å². The monoisotopic (exact) mass is 321 g/mol. The summed E-state index contributed by atoms with van der Waals surface area (Å²) < 4.78 is 5.35. The zero-order chi connectivity index (χ0) is 16.7.